The molecule has 1 atom stereocenters. The number of hydrogen-bond acceptors (Lipinski definition) is 5. The standard InChI is InChI=1S/C25H31N3O5/c1-32-21-11-9-19(10-12-21)24(30)26-14-15-27-25(31)20-6-5-16-28(18-20)23(29)13-17-33-22-7-3-2-4-8-22/h2-4,7-12,20H,5-6,13-18H2,1H3,(H,26,30)(H,27,31). The van der Waals surface area contributed by atoms with Gasteiger partial charge in [0.05, 0.1) is 26.1 Å². The number of methoxy groups -OCH3 is 1. The van der Waals surface area contributed by atoms with E-state index in [0.29, 0.717) is 44.1 Å². The van der Waals surface area contributed by atoms with E-state index in [4.69, 9.17) is 9.47 Å². The van der Waals surface area contributed by atoms with Gasteiger partial charge in [-0.1, -0.05) is 18.2 Å². The van der Waals surface area contributed by atoms with Gasteiger partial charge in [-0.3, -0.25) is 14.4 Å². The molecule has 3 rings (SSSR count). The Balaban J connectivity index is 1.34. The van der Waals surface area contributed by atoms with Crippen LogP contribution in [0.1, 0.15) is 29.6 Å². The molecular weight excluding hydrogens is 422 g/mol. The molecule has 33 heavy (non-hydrogen) atoms. The molecule has 2 aromatic carbocycles. The van der Waals surface area contributed by atoms with Crippen LogP contribution in [0.15, 0.2) is 54.6 Å². The van der Waals surface area contributed by atoms with E-state index in [2.05, 4.69) is 10.6 Å². The molecule has 2 aromatic rings. The van der Waals surface area contributed by atoms with Crippen molar-refractivity contribution >= 4 is 17.7 Å². The number of nitrogens with one attached hydrogen (secondary N) is 2. The Labute approximate surface area is 194 Å². The molecule has 0 saturated carbocycles. The smallest absolute Gasteiger partial charge is 0.251 e. The van der Waals surface area contributed by atoms with Crippen LogP contribution in [0.25, 0.3) is 0 Å². The van der Waals surface area contributed by atoms with Gasteiger partial charge in [0.1, 0.15) is 11.5 Å². The van der Waals surface area contributed by atoms with E-state index in [1.54, 1.807) is 36.3 Å². The van der Waals surface area contributed by atoms with Crippen LogP contribution in [0.3, 0.4) is 0 Å². The number of amides is 3. The minimum absolute atomic E-state index is 0.00446. The van der Waals surface area contributed by atoms with Crippen LogP contribution in [0.2, 0.25) is 0 Å². The summed E-state index contributed by atoms with van der Waals surface area (Å²) in [5.41, 5.74) is 0.528. The van der Waals surface area contributed by atoms with Crippen molar-refractivity contribution in [3.05, 3.63) is 60.2 Å². The summed E-state index contributed by atoms with van der Waals surface area (Å²) >= 11 is 0. The molecule has 8 nitrogen and oxygen atoms in total. The summed E-state index contributed by atoms with van der Waals surface area (Å²) in [6, 6.07) is 16.2. The first-order valence-electron chi connectivity index (χ1n) is 11.2. The summed E-state index contributed by atoms with van der Waals surface area (Å²) in [5.74, 6) is 0.874. The number of likely N-dealkylation sites (tertiary alicyclic amines) is 1. The average Bonchev–Trinajstić information content (AvgIpc) is 2.87. The molecule has 0 aliphatic carbocycles. The molecule has 3 amide bonds. The van der Waals surface area contributed by atoms with E-state index in [0.717, 1.165) is 18.6 Å². The van der Waals surface area contributed by atoms with Crippen molar-refractivity contribution in [1.82, 2.24) is 15.5 Å². The van der Waals surface area contributed by atoms with E-state index < -0.39 is 0 Å². The summed E-state index contributed by atoms with van der Waals surface area (Å²) in [6.07, 6.45) is 1.81. The summed E-state index contributed by atoms with van der Waals surface area (Å²) in [5, 5.41) is 5.65. The van der Waals surface area contributed by atoms with Crippen molar-refractivity contribution in [3.8, 4) is 11.5 Å². The first-order valence-corrected chi connectivity index (χ1v) is 11.2. The molecule has 8 heteroatoms. The lowest BCUT2D eigenvalue weighted by Crippen LogP contribution is -2.46. The number of nitrogens with zero attached hydrogens (tertiary/aromatic N) is 1. The molecule has 0 bridgehead atoms. The largest absolute Gasteiger partial charge is 0.497 e. The van der Waals surface area contributed by atoms with Crippen LogP contribution >= 0.6 is 0 Å². The molecule has 1 aliphatic rings. The molecule has 0 radical (unpaired) electrons. The predicted molar refractivity (Wildman–Crippen MR) is 124 cm³/mol. The molecule has 1 heterocycles. The van der Waals surface area contributed by atoms with E-state index in [9.17, 15) is 14.4 Å². The molecule has 1 unspecified atom stereocenters. The lowest BCUT2D eigenvalue weighted by atomic mass is 9.97. The van der Waals surface area contributed by atoms with Crippen LogP contribution in [-0.4, -0.2) is 62.5 Å². The summed E-state index contributed by atoms with van der Waals surface area (Å²) in [6.45, 7) is 2.03. The Hall–Kier alpha value is -3.55. The second kappa shape index (κ2) is 12.5. The SMILES string of the molecule is COc1ccc(C(=O)NCCNC(=O)C2CCCN(C(=O)CCOc3ccccc3)C2)cc1. The average molecular weight is 454 g/mol. The molecular formula is C25H31N3O5. The van der Waals surface area contributed by atoms with Crippen LogP contribution in [0, 0.1) is 5.92 Å². The van der Waals surface area contributed by atoms with Crippen molar-refractivity contribution < 1.29 is 23.9 Å². The number of para-hydroxylation sites is 1. The Kier molecular flexibility index (Phi) is 9.11. The van der Waals surface area contributed by atoms with Gasteiger partial charge < -0.3 is 25.0 Å². The highest BCUT2D eigenvalue weighted by Gasteiger charge is 2.28. The van der Waals surface area contributed by atoms with Gasteiger partial charge in [0.2, 0.25) is 11.8 Å². The van der Waals surface area contributed by atoms with E-state index in [-0.39, 0.29) is 30.1 Å². The van der Waals surface area contributed by atoms with Gasteiger partial charge in [0, 0.05) is 31.7 Å². The maximum atomic E-state index is 12.6. The zero-order chi connectivity index (χ0) is 23.5. The second-order valence-corrected chi connectivity index (χ2v) is 7.87. The van der Waals surface area contributed by atoms with Gasteiger partial charge in [-0.05, 0) is 49.2 Å². The Morgan fingerprint density at radius 1 is 0.970 bits per heavy atom. The highest BCUT2D eigenvalue weighted by molar-refractivity contribution is 5.94. The van der Waals surface area contributed by atoms with E-state index in [1.807, 2.05) is 30.3 Å². The summed E-state index contributed by atoms with van der Waals surface area (Å²) in [4.78, 5) is 39.0. The number of rotatable bonds is 10. The van der Waals surface area contributed by atoms with E-state index in [1.165, 1.54) is 0 Å². The second-order valence-electron chi connectivity index (χ2n) is 7.87. The highest BCUT2D eigenvalue weighted by atomic mass is 16.5. The van der Waals surface area contributed by atoms with Gasteiger partial charge >= 0.3 is 0 Å². The maximum absolute atomic E-state index is 12.6. The first kappa shape index (κ1) is 24.1. The number of carbonyl (C=O) groups is 3. The zero-order valence-electron chi connectivity index (χ0n) is 18.9. The third kappa shape index (κ3) is 7.52. The first-order chi connectivity index (χ1) is 16.1. The molecule has 0 spiro atoms. The summed E-state index contributed by atoms with van der Waals surface area (Å²) in [7, 11) is 1.57. The molecule has 176 valence electrons. The Morgan fingerprint density at radius 3 is 2.42 bits per heavy atom. The lowest BCUT2D eigenvalue weighted by Gasteiger charge is -2.32. The van der Waals surface area contributed by atoms with Crippen molar-refractivity contribution in [2.45, 2.75) is 19.3 Å². The topological polar surface area (TPSA) is 97.0 Å². The maximum Gasteiger partial charge on any atom is 0.251 e. The Bertz CT molecular complexity index is 917. The predicted octanol–water partition coefficient (Wildman–Crippen LogP) is 2.25. The third-order valence-electron chi connectivity index (χ3n) is 5.53. The summed E-state index contributed by atoms with van der Waals surface area (Å²) < 4.78 is 10.7. The van der Waals surface area contributed by atoms with Gasteiger partial charge in [0.15, 0.2) is 0 Å². The van der Waals surface area contributed by atoms with Gasteiger partial charge in [-0.2, -0.15) is 0 Å². The van der Waals surface area contributed by atoms with Crippen LogP contribution in [0.4, 0.5) is 0 Å². The van der Waals surface area contributed by atoms with Gasteiger partial charge in [0.25, 0.3) is 5.91 Å². The number of piperidine rings is 1. The molecule has 1 saturated heterocycles. The van der Waals surface area contributed by atoms with Gasteiger partial charge in [-0.15, -0.1) is 0 Å². The number of benzene rings is 2. The van der Waals surface area contributed by atoms with Crippen molar-refractivity contribution in [2.75, 3.05) is 39.9 Å². The minimum Gasteiger partial charge on any atom is -0.497 e. The van der Waals surface area contributed by atoms with Gasteiger partial charge in [-0.25, -0.2) is 0 Å². The minimum atomic E-state index is -0.241. The Morgan fingerprint density at radius 2 is 1.70 bits per heavy atom. The molecule has 1 fully saturated rings. The third-order valence-corrected chi connectivity index (χ3v) is 5.53. The lowest BCUT2D eigenvalue weighted by molar-refractivity contribution is -0.136. The zero-order valence-corrected chi connectivity index (χ0v) is 18.9. The van der Waals surface area contributed by atoms with Crippen LogP contribution < -0.4 is 20.1 Å². The van der Waals surface area contributed by atoms with Crippen molar-refractivity contribution in [3.63, 3.8) is 0 Å². The molecule has 1 aliphatic heterocycles. The number of ether oxygens (including phenoxy) is 2. The van der Waals surface area contributed by atoms with Crippen molar-refractivity contribution in [1.29, 1.82) is 0 Å². The fourth-order valence-corrected chi connectivity index (χ4v) is 3.70. The van der Waals surface area contributed by atoms with E-state index >= 15 is 0 Å². The van der Waals surface area contributed by atoms with Crippen molar-refractivity contribution in [2.24, 2.45) is 5.92 Å². The normalized spacial score (nSPS) is 15.4. The van der Waals surface area contributed by atoms with Crippen LogP contribution in [0.5, 0.6) is 11.5 Å². The number of carbonyl (C=O) groups excluding carboxylic acids is 3. The monoisotopic (exact) mass is 453 g/mol. The van der Waals surface area contributed by atoms with Crippen LogP contribution in [-0.2, 0) is 9.59 Å². The molecule has 2 N–H and O–H groups in total. The highest BCUT2D eigenvalue weighted by Crippen LogP contribution is 2.18. The fraction of sp³-hybridized carbons (Fsp3) is 0.400. The number of hydrogen-bond donors (Lipinski definition) is 2. The fourth-order valence-electron chi connectivity index (χ4n) is 3.70. The molecule has 0 aromatic heterocycles. The quantitative estimate of drug-likeness (QED) is 0.538.